The molecular weight excluding hydrogens is 388 g/mol. The van der Waals surface area contributed by atoms with E-state index in [-0.39, 0.29) is 23.4 Å². The molecular formula is C27H50O4. The molecule has 0 radical (unpaired) electrons. The molecule has 4 aliphatic rings. The highest BCUT2D eigenvalue weighted by atomic mass is 16.6. The lowest BCUT2D eigenvalue weighted by Gasteiger charge is -2.33. The highest BCUT2D eigenvalue weighted by Gasteiger charge is 2.60. The van der Waals surface area contributed by atoms with Crippen molar-refractivity contribution in [1.29, 1.82) is 0 Å². The summed E-state index contributed by atoms with van der Waals surface area (Å²) in [4.78, 5) is 0. The third-order valence-electron chi connectivity index (χ3n) is 7.79. The van der Waals surface area contributed by atoms with Gasteiger partial charge >= 0.3 is 0 Å². The smallest absolute Gasteiger partial charge is 0.0978 e. The number of rotatable bonds is 7. The van der Waals surface area contributed by atoms with Gasteiger partial charge < -0.3 is 18.9 Å². The normalized spacial score (nSPS) is 43.5. The standard InChI is InChI=1S/C14H26O2.C13H24O2/c1-9(2)6-12-13-11(5)16-14(12,8-15-13)7-10(3)4;1-8(2)6-13-7-14-12(10(5)15-13)11(13)9(3)4/h9-13H,6-8H2,1-5H3;8-12H,6-7H2,1-5H3. The number of fused-ring (bicyclic) bond motifs is 4. The van der Waals surface area contributed by atoms with Gasteiger partial charge in [0.25, 0.3) is 0 Å². The van der Waals surface area contributed by atoms with Crippen LogP contribution in [0.1, 0.15) is 88.5 Å². The van der Waals surface area contributed by atoms with Gasteiger partial charge in [0.1, 0.15) is 0 Å². The summed E-state index contributed by atoms with van der Waals surface area (Å²) >= 11 is 0. The van der Waals surface area contributed by atoms with E-state index in [4.69, 9.17) is 18.9 Å². The summed E-state index contributed by atoms with van der Waals surface area (Å²) in [6.45, 7) is 24.2. The van der Waals surface area contributed by atoms with E-state index in [2.05, 4.69) is 69.2 Å². The third-order valence-corrected chi connectivity index (χ3v) is 7.79. The summed E-state index contributed by atoms with van der Waals surface area (Å²) < 4.78 is 24.3. The molecule has 4 nitrogen and oxygen atoms in total. The fourth-order valence-corrected chi connectivity index (χ4v) is 7.22. The van der Waals surface area contributed by atoms with Gasteiger partial charge in [0.15, 0.2) is 0 Å². The molecule has 0 amide bonds. The average Bonchev–Trinajstić information content (AvgIpc) is 3.27. The molecule has 4 fully saturated rings. The minimum absolute atomic E-state index is 0.0203. The fraction of sp³-hybridized carbons (Fsp3) is 1.00. The molecule has 4 saturated heterocycles. The van der Waals surface area contributed by atoms with Crippen molar-refractivity contribution in [1.82, 2.24) is 0 Å². The van der Waals surface area contributed by atoms with Crippen molar-refractivity contribution in [3.63, 3.8) is 0 Å². The third kappa shape index (κ3) is 5.03. The Morgan fingerprint density at radius 1 is 0.677 bits per heavy atom. The van der Waals surface area contributed by atoms with Gasteiger partial charge in [0, 0.05) is 11.8 Å². The second-order valence-corrected chi connectivity index (χ2v) is 12.5. The maximum atomic E-state index is 6.25. The topological polar surface area (TPSA) is 36.9 Å². The lowest BCUT2D eigenvalue weighted by Crippen LogP contribution is -2.40. The predicted molar refractivity (Wildman–Crippen MR) is 126 cm³/mol. The van der Waals surface area contributed by atoms with Crippen molar-refractivity contribution in [2.75, 3.05) is 13.2 Å². The number of hydrogen-bond acceptors (Lipinski definition) is 4. The second-order valence-electron chi connectivity index (χ2n) is 12.5. The van der Waals surface area contributed by atoms with Gasteiger partial charge in [-0.05, 0) is 56.8 Å². The first-order chi connectivity index (χ1) is 14.4. The SMILES string of the molecule is CC(C)CC12COC(C(C)O1)C2C(C)C.CC(C)CC1C2OCC1(CC(C)C)OC2C. The Morgan fingerprint density at radius 2 is 1.16 bits per heavy atom. The van der Waals surface area contributed by atoms with Gasteiger partial charge in [-0.2, -0.15) is 0 Å². The molecule has 0 saturated carbocycles. The summed E-state index contributed by atoms with van der Waals surface area (Å²) in [7, 11) is 0. The summed E-state index contributed by atoms with van der Waals surface area (Å²) in [5.41, 5.74) is 0.0505. The molecule has 0 N–H and O–H groups in total. The lowest BCUT2D eigenvalue weighted by molar-refractivity contribution is -0.143. The predicted octanol–water partition coefficient (Wildman–Crippen LogP) is 6.11. The lowest BCUT2D eigenvalue weighted by atomic mass is 9.76. The monoisotopic (exact) mass is 438 g/mol. The molecule has 0 aromatic heterocycles. The van der Waals surface area contributed by atoms with Gasteiger partial charge in [-0.1, -0.05) is 55.4 Å². The highest BCUT2D eigenvalue weighted by Crippen LogP contribution is 2.51. The van der Waals surface area contributed by atoms with Crippen LogP contribution in [0, 0.1) is 35.5 Å². The Kier molecular flexibility index (Phi) is 7.89. The zero-order valence-electron chi connectivity index (χ0n) is 21.9. The summed E-state index contributed by atoms with van der Waals surface area (Å²) in [5.74, 6) is 3.96. The van der Waals surface area contributed by atoms with E-state index in [0.29, 0.717) is 41.8 Å². The van der Waals surface area contributed by atoms with Crippen LogP contribution in [0.5, 0.6) is 0 Å². The van der Waals surface area contributed by atoms with Gasteiger partial charge in [-0.25, -0.2) is 0 Å². The molecule has 182 valence electrons. The van der Waals surface area contributed by atoms with Crippen molar-refractivity contribution in [2.24, 2.45) is 35.5 Å². The largest absolute Gasteiger partial charge is 0.372 e. The van der Waals surface area contributed by atoms with Crippen molar-refractivity contribution in [3.05, 3.63) is 0 Å². The van der Waals surface area contributed by atoms with Crippen LogP contribution in [0.2, 0.25) is 0 Å². The van der Waals surface area contributed by atoms with Gasteiger partial charge in [-0.15, -0.1) is 0 Å². The van der Waals surface area contributed by atoms with E-state index in [1.807, 2.05) is 0 Å². The molecule has 4 bridgehead atoms. The van der Waals surface area contributed by atoms with E-state index in [0.717, 1.165) is 32.0 Å². The van der Waals surface area contributed by atoms with Crippen LogP contribution in [-0.4, -0.2) is 48.8 Å². The first-order valence-corrected chi connectivity index (χ1v) is 13.0. The fourth-order valence-electron chi connectivity index (χ4n) is 7.22. The maximum absolute atomic E-state index is 6.25. The first kappa shape index (κ1) is 25.5. The molecule has 0 aromatic rings. The van der Waals surface area contributed by atoms with Gasteiger partial charge in [-0.3, -0.25) is 0 Å². The molecule has 8 unspecified atom stereocenters. The molecule has 4 heteroatoms. The van der Waals surface area contributed by atoms with Gasteiger partial charge in [0.05, 0.1) is 48.8 Å². The summed E-state index contributed by atoms with van der Waals surface area (Å²) in [6, 6.07) is 0. The van der Waals surface area contributed by atoms with Crippen molar-refractivity contribution < 1.29 is 18.9 Å². The average molecular weight is 439 g/mol. The van der Waals surface area contributed by atoms with Crippen LogP contribution < -0.4 is 0 Å². The minimum atomic E-state index is 0.0203. The second kappa shape index (κ2) is 9.60. The Hall–Kier alpha value is -0.160. The van der Waals surface area contributed by atoms with E-state index < -0.39 is 0 Å². The quantitative estimate of drug-likeness (QED) is 0.480. The van der Waals surface area contributed by atoms with E-state index in [1.54, 1.807) is 0 Å². The van der Waals surface area contributed by atoms with E-state index >= 15 is 0 Å². The van der Waals surface area contributed by atoms with Crippen LogP contribution in [0.15, 0.2) is 0 Å². The van der Waals surface area contributed by atoms with Crippen LogP contribution in [0.4, 0.5) is 0 Å². The van der Waals surface area contributed by atoms with Crippen LogP contribution in [-0.2, 0) is 18.9 Å². The van der Waals surface area contributed by atoms with Crippen molar-refractivity contribution in [3.8, 4) is 0 Å². The Balaban J connectivity index is 0.000000176. The summed E-state index contributed by atoms with van der Waals surface area (Å²) in [6.07, 6.45) is 4.77. The van der Waals surface area contributed by atoms with E-state index in [9.17, 15) is 0 Å². The molecule has 8 atom stereocenters. The molecule has 31 heavy (non-hydrogen) atoms. The van der Waals surface area contributed by atoms with E-state index in [1.165, 1.54) is 6.42 Å². The Labute approximate surface area is 192 Å². The highest BCUT2D eigenvalue weighted by molar-refractivity contribution is 5.08. The molecule has 4 rings (SSSR count). The molecule has 0 spiro atoms. The Morgan fingerprint density at radius 3 is 1.65 bits per heavy atom. The summed E-state index contributed by atoms with van der Waals surface area (Å²) in [5, 5.41) is 0. The van der Waals surface area contributed by atoms with Crippen LogP contribution in [0.3, 0.4) is 0 Å². The number of ether oxygens (including phenoxy) is 4. The molecule has 4 aliphatic heterocycles. The van der Waals surface area contributed by atoms with Gasteiger partial charge in [0.2, 0.25) is 0 Å². The Bertz CT molecular complexity index is 588. The molecule has 4 heterocycles. The van der Waals surface area contributed by atoms with Crippen molar-refractivity contribution >= 4 is 0 Å². The zero-order valence-corrected chi connectivity index (χ0v) is 21.9. The minimum Gasteiger partial charge on any atom is -0.372 e. The zero-order chi connectivity index (χ0) is 23.1. The van der Waals surface area contributed by atoms with Crippen LogP contribution in [0.25, 0.3) is 0 Å². The number of hydrogen-bond donors (Lipinski definition) is 0. The van der Waals surface area contributed by atoms with Crippen LogP contribution >= 0.6 is 0 Å². The molecule has 0 aromatic carbocycles. The first-order valence-electron chi connectivity index (χ1n) is 13.0. The van der Waals surface area contributed by atoms with Crippen molar-refractivity contribution in [2.45, 2.75) is 124 Å². The molecule has 0 aliphatic carbocycles. The maximum Gasteiger partial charge on any atom is 0.0978 e.